The summed E-state index contributed by atoms with van der Waals surface area (Å²) < 4.78 is 194. The van der Waals surface area contributed by atoms with Crippen molar-refractivity contribution in [3.05, 3.63) is 157 Å². The van der Waals surface area contributed by atoms with Gasteiger partial charge in [0.05, 0.1) is 43.9 Å². The number of sulfonamides is 2. The van der Waals surface area contributed by atoms with E-state index < -0.39 is 97.5 Å². The van der Waals surface area contributed by atoms with Crippen molar-refractivity contribution in [1.29, 1.82) is 0 Å². The molecule has 9 rings (SSSR count). The number of aromatic hydroxyl groups is 1. The maximum Gasteiger partial charge on any atom is 0.320 e. The number of nitrogens with one attached hydrogen (secondary N) is 4. The second-order valence-electron chi connectivity index (χ2n) is 17.7. The average Bonchev–Trinajstić information content (AvgIpc) is 2.25. The zero-order chi connectivity index (χ0) is 60.0. The van der Waals surface area contributed by atoms with Gasteiger partial charge >= 0.3 is 6.01 Å². The quantitative estimate of drug-likeness (QED) is 0.0285. The lowest BCUT2D eigenvalue weighted by molar-refractivity contribution is 0.430. The Bertz CT molecular complexity index is 4620. The van der Waals surface area contributed by atoms with Crippen molar-refractivity contribution >= 4 is 139 Å². The zero-order valence-corrected chi connectivity index (χ0v) is 47.0. The van der Waals surface area contributed by atoms with Crippen LogP contribution in [0.2, 0.25) is 0 Å². The summed E-state index contributed by atoms with van der Waals surface area (Å²) in [5, 5.41) is 31.9. The molecule has 0 bridgehead atoms. The van der Waals surface area contributed by atoms with Gasteiger partial charge in [-0.1, -0.05) is 24.3 Å². The standard InChI is InChI=1S/C49H39N11O17S6/c1-27-21-31(13-19-41(27)57-55-29-9-15-35(16-10-29)78(62,63)59-33-23-39-37(45(25-33)82(72,73)74)5-3-7-43(39)80(66,67)68)50-47-52-48(54-49(61)53-47)51-32-14-20-42(28(2)22-32)58-56-30-11-17-36(18-12-30)79(64,65)60-34-24-40-38(46(26-34)83(75,76)77)6-4-8-44(40)81(69,70)71/h3-26,59-60H,1-2H3,(H,66,67,68)(H,69,70,71)(H,72,73,74)(H,75,76,77)(H3,50,51,52,53,54,61). The molecule has 0 unspecified atom stereocenters. The Morgan fingerprint density at radius 3 is 1.07 bits per heavy atom. The molecule has 8 aromatic carbocycles. The molecule has 0 radical (unpaired) electrons. The third-order valence-corrected chi connectivity index (χ3v) is 18.2. The summed E-state index contributed by atoms with van der Waals surface area (Å²) in [5.41, 5.74) is 2.56. The lowest BCUT2D eigenvalue weighted by Crippen LogP contribution is -2.14. The van der Waals surface area contributed by atoms with E-state index in [1.54, 1.807) is 50.2 Å². The van der Waals surface area contributed by atoms with Gasteiger partial charge in [0.1, 0.15) is 19.6 Å². The molecule has 1 aromatic heterocycles. The number of anilines is 6. The van der Waals surface area contributed by atoms with Gasteiger partial charge in [-0.25, -0.2) is 16.8 Å². The molecular formula is C49H39N11O17S6. The number of fused-ring (bicyclic) bond motifs is 2. The van der Waals surface area contributed by atoms with Crippen molar-refractivity contribution < 1.29 is 73.8 Å². The van der Waals surface area contributed by atoms with Crippen LogP contribution in [0.4, 0.5) is 57.4 Å². The molecule has 0 aliphatic carbocycles. The normalized spacial score (nSPS) is 12.7. The van der Waals surface area contributed by atoms with Gasteiger partial charge in [-0.2, -0.15) is 69.1 Å². The molecule has 0 aliphatic rings. The van der Waals surface area contributed by atoms with Crippen molar-refractivity contribution in [3.8, 4) is 6.01 Å². The van der Waals surface area contributed by atoms with Crippen molar-refractivity contribution in [2.45, 2.75) is 43.2 Å². The lowest BCUT2D eigenvalue weighted by Gasteiger charge is -2.13. The molecule has 0 amide bonds. The molecule has 0 spiro atoms. The molecule has 0 atom stereocenters. The Balaban J connectivity index is 0.823. The van der Waals surface area contributed by atoms with E-state index in [1.807, 2.05) is 0 Å². The van der Waals surface area contributed by atoms with Gasteiger partial charge in [0.2, 0.25) is 11.9 Å². The second kappa shape index (κ2) is 22.1. The summed E-state index contributed by atoms with van der Waals surface area (Å²) in [4.78, 5) is 8.51. The molecule has 83 heavy (non-hydrogen) atoms. The van der Waals surface area contributed by atoms with Crippen molar-refractivity contribution in [3.63, 3.8) is 0 Å². The summed E-state index contributed by atoms with van der Waals surface area (Å²) in [7, 11) is -28.8. The molecule has 28 nitrogen and oxygen atoms in total. The molecule has 0 saturated heterocycles. The first kappa shape index (κ1) is 58.7. The van der Waals surface area contributed by atoms with E-state index in [1.165, 1.54) is 60.7 Å². The fourth-order valence-corrected chi connectivity index (χ4v) is 13.0. The van der Waals surface area contributed by atoms with Crippen LogP contribution in [0.3, 0.4) is 0 Å². The molecule has 0 fully saturated rings. The van der Waals surface area contributed by atoms with Crippen LogP contribution >= 0.6 is 0 Å². The Hall–Kier alpha value is -8.97. The predicted molar refractivity (Wildman–Crippen MR) is 300 cm³/mol. The van der Waals surface area contributed by atoms with Gasteiger partial charge in [-0.05, 0) is 146 Å². The first-order chi connectivity index (χ1) is 38.8. The van der Waals surface area contributed by atoms with E-state index >= 15 is 0 Å². The van der Waals surface area contributed by atoms with E-state index in [0.29, 0.717) is 33.9 Å². The summed E-state index contributed by atoms with van der Waals surface area (Å²) in [6.07, 6.45) is 0. The summed E-state index contributed by atoms with van der Waals surface area (Å²) in [5.74, 6) is -0.0988. The number of azo groups is 2. The second-order valence-corrected chi connectivity index (χ2v) is 26.6. The van der Waals surface area contributed by atoms with Crippen LogP contribution < -0.4 is 20.1 Å². The highest BCUT2D eigenvalue weighted by molar-refractivity contribution is 7.93. The average molecular weight is 1250 g/mol. The van der Waals surface area contributed by atoms with Gasteiger partial charge in [0, 0.05) is 32.9 Å². The smallest absolute Gasteiger partial charge is 0.320 e. The van der Waals surface area contributed by atoms with E-state index in [2.05, 4.69) is 55.5 Å². The molecule has 1 heterocycles. The minimum absolute atomic E-state index is 0.0494. The molecular weight excluding hydrogens is 1210 g/mol. The van der Waals surface area contributed by atoms with Crippen LogP contribution in [0.5, 0.6) is 6.01 Å². The van der Waals surface area contributed by atoms with Gasteiger partial charge in [-0.3, -0.25) is 27.7 Å². The SMILES string of the molecule is Cc1cc(Nc2nc(O)nc(Nc3ccc(N=Nc4ccc(S(=O)(=O)Nc5cc(S(=O)(=O)O)c6cccc(S(=O)(=O)O)c6c5)cc4)c(C)c3)n2)ccc1N=Nc1ccc(S(=O)(=O)Nc2cc(S(=O)(=O)O)c3cccc(S(=O)(=O)O)c3c2)cc1. The number of aromatic nitrogens is 3. The van der Waals surface area contributed by atoms with Crippen molar-refractivity contribution in [1.82, 2.24) is 15.0 Å². The molecule has 0 saturated carbocycles. The van der Waals surface area contributed by atoms with Crippen LogP contribution in [0.25, 0.3) is 21.5 Å². The minimum Gasteiger partial charge on any atom is -0.479 e. The Morgan fingerprint density at radius 1 is 0.373 bits per heavy atom. The number of nitrogens with zero attached hydrogens (tertiary/aromatic N) is 7. The molecule has 9 aromatic rings. The third kappa shape index (κ3) is 13.5. The number of benzene rings is 8. The van der Waals surface area contributed by atoms with E-state index in [0.717, 1.165) is 48.5 Å². The highest BCUT2D eigenvalue weighted by Crippen LogP contribution is 2.36. The monoisotopic (exact) mass is 1250 g/mol. The van der Waals surface area contributed by atoms with Crippen LogP contribution in [0, 0.1) is 13.8 Å². The largest absolute Gasteiger partial charge is 0.479 e. The van der Waals surface area contributed by atoms with Crippen molar-refractivity contribution in [2.75, 3.05) is 20.1 Å². The molecule has 9 N–H and O–H groups in total. The molecule has 0 aliphatic heterocycles. The molecule has 428 valence electrons. The third-order valence-electron chi connectivity index (χ3n) is 11.8. The Labute approximate surface area is 471 Å². The maximum absolute atomic E-state index is 13.4. The first-order valence-corrected chi connectivity index (χ1v) is 31.9. The predicted octanol–water partition coefficient (Wildman–Crippen LogP) is 9.41. The summed E-state index contributed by atoms with van der Waals surface area (Å²) in [6, 6.07) is 29.3. The number of hydrogen-bond acceptors (Lipinski definition) is 22. The Kier molecular flexibility index (Phi) is 15.6. The van der Waals surface area contributed by atoms with Gasteiger partial charge in [-0.15, -0.1) is 0 Å². The zero-order valence-electron chi connectivity index (χ0n) is 42.1. The van der Waals surface area contributed by atoms with Gasteiger partial charge in [0.15, 0.2) is 0 Å². The number of aryl methyl sites for hydroxylation is 2. The lowest BCUT2D eigenvalue weighted by atomic mass is 10.1. The van der Waals surface area contributed by atoms with Crippen LogP contribution in [0.1, 0.15) is 11.1 Å². The fraction of sp³-hybridized carbons (Fsp3) is 0.0408. The van der Waals surface area contributed by atoms with E-state index in [9.17, 15) is 73.8 Å². The summed E-state index contributed by atoms with van der Waals surface area (Å²) >= 11 is 0. The van der Waals surface area contributed by atoms with Crippen LogP contribution in [-0.2, 0) is 60.5 Å². The highest BCUT2D eigenvalue weighted by atomic mass is 32.2. The van der Waals surface area contributed by atoms with Gasteiger partial charge in [0.25, 0.3) is 60.5 Å². The topological polar surface area (TPSA) is 442 Å². The maximum atomic E-state index is 13.4. The summed E-state index contributed by atoms with van der Waals surface area (Å²) in [6.45, 7) is 3.45. The molecule has 34 heteroatoms. The number of hydrogen-bond donors (Lipinski definition) is 9. The number of rotatable bonds is 18. The minimum atomic E-state index is -5.02. The van der Waals surface area contributed by atoms with Crippen molar-refractivity contribution in [2.24, 2.45) is 20.5 Å². The van der Waals surface area contributed by atoms with Crippen LogP contribution in [0.15, 0.2) is 195 Å². The fourth-order valence-electron chi connectivity index (χ4n) is 8.10. The van der Waals surface area contributed by atoms with Crippen LogP contribution in [-0.4, -0.2) is 88.8 Å². The van der Waals surface area contributed by atoms with E-state index in [-0.39, 0.29) is 54.6 Å². The highest BCUT2D eigenvalue weighted by Gasteiger charge is 2.26. The van der Waals surface area contributed by atoms with Gasteiger partial charge < -0.3 is 15.7 Å². The van der Waals surface area contributed by atoms with E-state index in [4.69, 9.17) is 0 Å². The first-order valence-electron chi connectivity index (χ1n) is 23.1. The Morgan fingerprint density at radius 2 is 0.735 bits per heavy atom.